The van der Waals surface area contributed by atoms with Gasteiger partial charge in [0.15, 0.2) is 5.75 Å². The maximum atomic E-state index is 11.9. The molecule has 1 amide bonds. The van der Waals surface area contributed by atoms with Gasteiger partial charge in [-0.15, -0.1) is 0 Å². The van der Waals surface area contributed by atoms with Crippen LogP contribution in [-0.4, -0.2) is 24.1 Å². The fourth-order valence-electron chi connectivity index (χ4n) is 1.84. The Labute approximate surface area is 138 Å². The van der Waals surface area contributed by atoms with Crippen LogP contribution in [-0.2, 0) is 9.53 Å². The van der Waals surface area contributed by atoms with Crippen LogP contribution in [0.15, 0.2) is 48.5 Å². The second-order valence-electron chi connectivity index (χ2n) is 4.57. The van der Waals surface area contributed by atoms with Crippen LogP contribution in [0.5, 0.6) is 5.75 Å². The number of anilines is 1. The van der Waals surface area contributed by atoms with Crippen molar-refractivity contribution in [2.75, 3.05) is 12.4 Å². The Kier molecular flexibility index (Phi) is 5.38. The highest BCUT2D eigenvalue weighted by atomic mass is 35.5. The molecule has 0 heterocycles. The summed E-state index contributed by atoms with van der Waals surface area (Å²) < 4.78 is 4.56. The topological polar surface area (TPSA) is 75.6 Å². The number of phenolic OH excluding ortho intramolecular Hbond substituents is 1. The monoisotopic (exact) mass is 331 g/mol. The van der Waals surface area contributed by atoms with Crippen LogP contribution in [0.2, 0.25) is 5.02 Å². The van der Waals surface area contributed by atoms with E-state index in [9.17, 15) is 14.7 Å². The van der Waals surface area contributed by atoms with Gasteiger partial charge in [0.05, 0.1) is 12.8 Å². The summed E-state index contributed by atoms with van der Waals surface area (Å²) in [6.07, 6.45) is 2.92. The average Bonchev–Trinajstić information content (AvgIpc) is 2.55. The summed E-state index contributed by atoms with van der Waals surface area (Å²) in [7, 11) is 1.21. The molecule has 23 heavy (non-hydrogen) atoms. The van der Waals surface area contributed by atoms with Crippen LogP contribution in [0.25, 0.3) is 6.08 Å². The van der Waals surface area contributed by atoms with E-state index in [1.807, 2.05) is 0 Å². The highest BCUT2D eigenvalue weighted by molar-refractivity contribution is 6.30. The lowest BCUT2D eigenvalue weighted by Crippen LogP contribution is -2.09. The largest absolute Gasteiger partial charge is 0.505 e. The molecule has 0 aliphatic carbocycles. The van der Waals surface area contributed by atoms with Crippen LogP contribution >= 0.6 is 11.6 Å². The van der Waals surface area contributed by atoms with Crippen molar-refractivity contribution in [2.24, 2.45) is 0 Å². The molecule has 0 radical (unpaired) electrons. The summed E-state index contributed by atoms with van der Waals surface area (Å²) in [6, 6.07) is 11.4. The number of halogens is 1. The molecular formula is C17H14ClNO4. The van der Waals surface area contributed by atoms with E-state index in [0.29, 0.717) is 5.02 Å². The van der Waals surface area contributed by atoms with Crippen molar-refractivity contribution in [2.45, 2.75) is 0 Å². The number of benzene rings is 2. The van der Waals surface area contributed by atoms with Crippen molar-refractivity contribution in [3.05, 3.63) is 64.7 Å². The molecule has 6 heteroatoms. The highest BCUT2D eigenvalue weighted by Gasteiger charge is 2.15. The number of carbonyl (C=O) groups is 2. The first-order chi connectivity index (χ1) is 11.0. The molecule has 0 bridgehead atoms. The van der Waals surface area contributed by atoms with E-state index in [1.54, 1.807) is 30.3 Å². The molecular weight excluding hydrogens is 318 g/mol. The molecule has 0 fully saturated rings. The van der Waals surface area contributed by atoms with E-state index < -0.39 is 11.9 Å². The number of hydrogen-bond acceptors (Lipinski definition) is 4. The van der Waals surface area contributed by atoms with Crippen LogP contribution < -0.4 is 5.32 Å². The van der Waals surface area contributed by atoms with Crippen LogP contribution in [0.4, 0.5) is 5.69 Å². The zero-order chi connectivity index (χ0) is 16.8. The molecule has 0 unspecified atom stereocenters. The summed E-state index contributed by atoms with van der Waals surface area (Å²) in [4.78, 5) is 23.4. The third-order valence-electron chi connectivity index (χ3n) is 3.00. The lowest BCUT2D eigenvalue weighted by atomic mass is 10.1. The Morgan fingerprint density at radius 2 is 1.87 bits per heavy atom. The molecule has 0 saturated heterocycles. The van der Waals surface area contributed by atoms with Crippen molar-refractivity contribution in [3.8, 4) is 5.75 Å². The number of aromatic hydroxyl groups is 1. The SMILES string of the molecule is COC(=O)c1cccc(NC(=O)/C=C/c2ccc(Cl)cc2)c1O. The average molecular weight is 332 g/mol. The molecule has 2 aromatic rings. The minimum Gasteiger partial charge on any atom is -0.505 e. The first-order valence-electron chi connectivity index (χ1n) is 6.66. The summed E-state index contributed by atoms with van der Waals surface area (Å²) in [5.74, 6) is -1.47. The van der Waals surface area contributed by atoms with Gasteiger partial charge in [0.1, 0.15) is 5.56 Å². The Balaban J connectivity index is 2.11. The molecule has 0 saturated carbocycles. The van der Waals surface area contributed by atoms with Gasteiger partial charge in [0.2, 0.25) is 5.91 Å². The van der Waals surface area contributed by atoms with Gasteiger partial charge in [-0.2, -0.15) is 0 Å². The van der Waals surface area contributed by atoms with Crippen molar-refractivity contribution < 1.29 is 19.4 Å². The van der Waals surface area contributed by atoms with Crippen LogP contribution in [0.3, 0.4) is 0 Å². The molecule has 0 aliphatic rings. The first-order valence-corrected chi connectivity index (χ1v) is 7.04. The van der Waals surface area contributed by atoms with Gasteiger partial charge >= 0.3 is 5.97 Å². The standard InChI is InChI=1S/C17H14ClNO4/c1-23-17(22)13-3-2-4-14(16(13)21)19-15(20)10-7-11-5-8-12(18)9-6-11/h2-10,21H,1H3,(H,19,20)/b10-7+. The van der Waals surface area contributed by atoms with Crippen LogP contribution in [0, 0.1) is 0 Å². The number of carbonyl (C=O) groups excluding carboxylic acids is 2. The van der Waals surface area contributed by atoms with Gasteiger partial charge in [-0.3, -0.25) is 4.79 Å². The summed E-state index contributed by atoms with van der Waals surface area (Å²) in [5.41, 5.74) is 0.905. The molecule has 118 valence electrons. The van der Waals surface area contributed by atoms with Crippen molar-refractivity contribution in [1.29, 1.82) is 0 Å². The molecule has 2 aromatic carbocycles. The summed E-state index contributed by atoms with van der Waals surface area (Å²) in [6.45, 7) is 0. The number of amides is 1. The number of para-hydroxylation sites is 1. The van der Waals surface area contributed by atoms with Crippen molar-refractivity contribution >= 4 is 35.2 Å². The Bertz CT molecular complexity index is 754. The number of rotatable bonds is 4. The number of hydrogen-bond donors (Lipinski definition) is 2. The number of phenols is 1. The Morgan fingerprint density at radius 1 is 1.17 bits per heavy atom. The fourth-order valence-corrected chi connectivity index (χ4v) is 1.97. The second kappa shape index (κ2) is 7.47. The highest BCUT2D eigenvalue weighted by Crippen LogP contribution is 2.28. The lowest BCUT2D eigenvalue weighted by molar-refractivity contribution is -0.111. The molecule has 2 rings (SSSR count). The fraction of sp³-hybridized carbons (Fsp3) is 0.0588. The molecule has 2 N–H and O–H groups in total. The zero-order valence-electron chi connectivity index (χ0n) is 12.2. The van der Waals surface area contributed by atoms with Gasteiger partial charge in [0, 0.05) is 11.1 Å². The zero-order valence-corrected chi connectivity index (χ0v) is 13.0. The molecule has 0 spiro atoms. The minimum atomic E-state index is -0.685. The number of methoxy groups -OCH3 is 1. The number of ether oxygens (including phenoxy) is 1. The van der Waals surface area contributed by atoms with Gasteiger partial charge in [-0.25, -0.2) is 4.79 Å². The predicted octanol–water partition coefficient (Wildman–Crippen LogP) is 3.48. The third kappa shape index (κ3) is 4.34. The smallest absolute Gasteiger partial charge is 0.341 e. The van der Waals surface area contributed by atoms with E-state index >= 15 is 0 Å². The lowest BCUT2D eigenvalue weighted by Gasteiger charge is -2.08. The number of nitrogens with one attached hydrogen (secondary N) is 1. The third-order valence-corrected chi connectivity index (χ3v) is 3.25. The van der Waals surface area contributed by atoms with Crippen molar-refractivity contribution in [1.82, 2.24) is 0 Å². The van der Waals surface area contributed by atoms with Gasteiger partial charge in [-0.1, -0.05) is 29.8 Å². The first kappa shape index (κ1) is 16.6. The minimum absolute atomic E-state index is 0.0213. The summed E-state index contributed by atoms with van der Waals surface area (Å²) >= 11 is 5.78. The maximum absolute atomic E-state index is 11.9. The Hall–Kier alpha value is -2.79. The normalized spacial score (nSPS) is 10.5. The number of esters is 1. The van der Waals surface area contributed by atoms with E-state index in [-0.39, 0.29) is 17.0 Å². The second-order valence-corrected chi connectivity index (χ2v) is 5.00. The summed E-state index contributed by atoms with van der Waals surface area (Å²) in [5, 5.41) is 13.1. The maximum Gasteiger partial charge on any atom is 0.341 e. The molecule has 0 aliphatic heterocycles. The molecule has 5 nitrogen and oxygen atoms in total. The van der Waals surface area contributed by atoms with Crippen LogP contribution in [0.1, 0.15) is 15.9 Å². The molecule has 0 atom stereocenters. The Morgan fingerprint density at radius 3 is 2.52 bits per heavy atom. The van der Waals surface area contributed by atoms with Gasteiger partial charge in [0.25, 0.3) is 0 Å². The van der Waals surface area contributed by atoms with Gasteiger partial charge < -0.3 is 15.2 Å². The van der Waals surface area contributed by atoms with E-state index in [4.69, 9.17) is 11.6 Å². The van der Waals surface area contributed by atoms with Gasteiger partial charge in [-0.05, 0) is 35.9 Å². The molecule has 0 aromatic heterocycles. The quantitative estimate of drug-likeness (QED) is 0.511. The van der Waals surface area contributed by atoms with E-state index in [1.165, 1.54) is 31.4 Å². The van der Waals surface area contributed by atoms with Crippen molar-refractivity contribution in [3.63, 3.8) is 0 Å². The van der Waals surface area contributed by atoms with E-state index in [2.05, 4.69) is 10.1 Å². The predicted molar refractivity (Wildman–Crippen MR) is 88.6 cm³/mol. The van der Waals surface area contributed by atoms with E-state index in [0.717, 1.165) is 5.56 Å².